The lowest BCUT2D eigenvalue weighted by atomic mass is 10.1. The summed E-state index contributed by atoms with van der Waals surface area (Å²) >= 11 is 0. The van der Waals surface area contributed by atoms with Crippen LogP contribution < -0.4 is 5.73 Å². The van der Waals surface area contributed by atoms with Crippen LogP contribution in [-0.2, 0) is 12.7 Å². The SMILES string of the molecule is CCCn1nncc1-c1ccc(C(F)(F)F)cc1N. The Balaban J connectivity index is 2.44. The van der Waals surface area contributed by atoms with E-state index in [0.717, 1.165) is 18.6 Å². The maximum absolute atomic E-state index is 12.6. The summed E-state index contributed by atoms with van der Waals surface area (Å²) in [6.45, 7) is 2.61. The van der Waals surface area contributed by atoms with Gasteiger partial charge in [0.1, 0.15) is 0 Å². The Kier molecular flexibility index (Phi) is 3.46. The smallest absolute Gasteiger partial charge is 0.398 e. The fourth-order valence-electron chi connectivity index (χ4n) is 1.82. The Bertz CT molecular complexity index is 575. The first kappa shape index (κ1) is 13.4. The van der Waals surface area contributed by atoms with Crippen molar-refractivity contribution in [3.8, 4) is 11.3 Å². The molecule has 1 heterocycles. The van der Waals surface area contributed by atoms with Crippen LogP contribution in [0.1, 0.15) is 18.9 Å². The number of halogens is 3. The van der Waals surface area contributed by atoms with Crippen LogP contribution in [-0.4, -0.2) is 15.0 Å². The average Bonchev–Trinajstić information content (AvgIpc) is 2.76. The van der Waals surface area contributed by atoms with Gasteiger partial charge in [-0.15, -0.1) is 5.10 Å². The van der Waals surface area contributed by atoms with Crippen molar-refractivity contribution in [3.05, 3.63) is 30.0 Å². The van der Waals surface area contributed by atoms with Crippen LogP contribution in [0.5, 0.6) is 0 Å². The van der Waals surface area contributed by atoms with E-state index < -0.39 is 11.7 Å². The molecular weight excluding hydrogens is 257 g/mol. The Morgan fingerprint density at radius 1 is 1.32 bits per heavy atom. The molecule has 0 aliphatic carbocycles. The maximum Gasteiger partial charge on any atom is 0.416 e. The standard InChI is InChI=1S/C12H13F3N4/c1-2-5-19-11(7-17-18-19)9-4-3-8(6-10(9)16)12(13,14)15/h3-4,6-7H,2,5,16H2,1H3. The van der Waals surface area contributed by atoms with Gasteiger partial charge in [0.05, 0.1) is 17.5 Å². The van der Waals surface area contributed by atoms with Gasteiger partial charge in [-0.3, -0.25) is 0 Å². The third-order valence-electron chi connectivity index (χ3n) is 2.71. The molecular formula is C12H13F3N4. The highest BCUT2D eigenvalue weighted by Crippen LogP contribution is 2.34. The second kappa shape index (κ2) is 4.91. The van der Waals surface area contributed by atoms with Crippen molar-refractivity contribution < 1.29 is 13.2 Å². The Hall–Kier alpha value is -2.05. The molecule has 0 aliphatic rings. The third kappa shape index (κ3) is 2.69. The molecule has 0 unspecified atom stereocenters. The highest BCUT2D eigenvalue weighted by molar-refractivity contribution is 5.74. The molecule has 0 saturated heterocycles. The zero-order valence-electron chi connectivity index (χ0n) is 10.3. The van der Waals surface area contributed by atoms with Gasteiger partial charge in [-0.25, -0.2) is 4.68 Å². The van der Waals surface area contributed by atoms with Crippen molar-refractivity contribution in [2.45, 2.75) is 26.1 Å². The van der Waals surface area contributed by atoms with Crippen LogP contribution in [0, 0.1) is 0 Å². The predicted octanol–water partition coefficient (Wildman–Crippen LogP) is 2.96. The van der Waals surface area contributed by atoms with Crippen molar-refractivity contribution in [1.29, 1.82) is 0 Å². The first-order valence-electron chi connectivity index (χ1n) is 5.79. The molecule has 0 saturated carbocycles. The third-order valence-corrected chi connectivity index (χ3v) is 2.71. The van der Waals surface area contributed by atoms with Crippen molar-refractivity contribution in [2.75, 3.05) is 5.73 Å². The van der Waals surface area contributed by atoms with Crippen LogP contribution in [0.15, 0.2) is 24.4 Å². The molecule has 0 atom stereocenters. The summed E-state index contributed by atoms with van der Waals surface area (Å²) in [6.07, 6.45) is -2.06. The summed E-state index contributed by atoms with van der Waals surface area (Å²) in [5, 5.41) is 7.65. The van der Waals surface area contributed by atoms with Gasteiger partial charge in [0.25, 0.3) is 0 Å². The van der Waals surface area contributed by atoms with Crippen molar-refractivity contribution >= 4 is 5.69 Å². The van der Waals surface area contributed by atoms with Crippen molar-refractivity contribution in [2.24, 2.45) is 0 Å². The molecule has 0 radical (unpaired) electrons. The minimum absolute atomic E-state index is 0.0643. The molecule has 0 amide bonds. The van der Waals surface area contributed by atoms with Crippen LogP contribution in [0.2, 0.25) is 0 Å². The van der Waals surface area contributed by atoms with Gasteiger partial charge in [0.2, 0.25) is 0 Å². The van der Waals surface area contributed by atoms with Crippen LogP contribution in [0.25, 0.3) is 11.3 Å². The minimum atomic E-state index is -4.39. The molecule has 2 N–H and O–H groups in total. The number of alkyl halides is 3. The number of rotatable bonds is 3. The van der Waals surface area contributed by atoms with Gasteiger partial charge in [0, 0.05) is 17.8 Å². The highest BCUT2D eigenvalue weighted by atomic mass is 19.4. The number of anilines is 1. The van der Waals surface area contributed by atoms with Gasteiger partial charge in [-0.05, 0) is 18.6 Å². The fourth-order valence-corrected chi connectivity index (χ4v) is 1.82. The quantitative estimate of drug-likeness (QED) is 0.872. The zero-order chi connectivity index (χ0) is 14.0. The van der Waals surface area contributed by atoms with Crippen molar-refractivity contribution in [3.63, 3.8) is 0 Å². The second-order valence-corrected chi connectivity index (χ2v) is 4.14. The van der Waals surface area contributed by atoms with Gasteiger partial charge >= 0.3 is 6.18 Å². The lowest BCUT2D eigenvalue weighted by Gasteiger charge is -2.11. The Morgan fingerprint density at radius 2 is 2.05 bits per heavy atom. The topological polar surface area (TPSA) is 56.7 Å². The van der Waals surface area contributed by atoms with Gasteiger partial charge in [0.15, 0.2) is 0 Å². The van der Waals surface area contributed by atoms with E-state index in [1.807, 2.05) is 6.92 Å². The summed E-state index contributed by atoms with van der Waals surface area (Å²) < 4.78 is 39.3. The van der Waals surface area contributed by atoms with E-state index in [4.69, 9.17) is 5.73 Å². The first-order chi connectivity index (χ1) is 8.93. The maximum atomic E-state index is 12.6. The number of benzene rings is 1. The van der Waals surface area contributed by atoms with Gasteiger partial charge in [-0.2, -0.15) is 13.2 Å². The summed E-state index contributed by atoms with van der Waals surface area (Å²) in [5.74, 6) is 0. The molecule has 7 heteroatoms. The molecule has 2 aromatic rings. The van der Waals surface area contributed by atoms with Crippen molar-refractivity contribution in [1.82, 2.24) is 15.0 Å². The van der Waals surface area contributed by atoms with Gasteiger partial charge < -0.3 is 5.73 Å². The number of aromatic nitrogens is 3. The molecule has 19 heavy (non-hydrogen) atoms. The summed E-state index contributed by atoms with van der Waals surface area (Å²) in [7, 11) is 0. The van der Waals surface area contributed by atoms with E-state index in [9.17, 15) is 13.2 Å². The molecule has 1 aromatic heterocycles. The van der Waals surface area contributed by atoms with Crippen LogP contribution in [0.4, 0.5) is 18.9 Å². The zero-order valence-corrected chi connectivity index (χ0v) is 10.3. The number of nitrogens with two attached hydrogens (primary N) is 1. The van der Waals surface area contributed by atoms with E-state index in [1.54, 1.807) is 4.68 Å². The number of nitrogens with zero attached hydrogens (tertiary/aromatic N) is 3. The predicted molar refractivity (Wildman–Crippen MR) is 65.2 cm³/mol. The first-order valence-corrected chi connectivity index (χ1v) is 5.79. The average molecular weight is 270 g/mol. The molecule has 2 rings (SSSR count). The number of hydrogen-bond acceptors (Lipinski definition) is 3. The number of nitrogen functional groups attached to an aromatic ring is 1. The fraction of sp³-hybridized carbons (Fsp3) is 0.333. The number of aryl methyl sites for hydroxylation is 1. The van der Waals surface area contributed by atoms with E-state index in [0.29, 0.717) is 17.8 Å². The molecule has 0 bridgehead atoms. The lowest BCUT2D eigenvalue weighted by Crippen LogP contribution is -2.07. The largest absolute Gasteiger partial charge is 0.416 e. The number of hydrogen-bond donors (Lipinski definition) is 1. The van der Waals surface area contributed by atoms with Gasteiger partial charge in [-0.1, -0.05) is 18.2 Å². The molecule has 102 valence electrons. The minimum Gasteiger partial charge on any atom is -0.398 e. The molecule has 4 nitrogen and oxygen atoms in total. The molecule has 0 fully saturated rings. The van der Waals surface area contributed by atoms with E-state index >= 15 is 0 Å². The molecule has 0 aliphatic heterocycles. The molecule has 1 aromatic carbocycles. The highest BCUT2D eigenvalue weighted by Gasteiger charge is 2.31. The Morgan fingerprint density at radius 3 is 2.63 bits per heavy atom. The van der Waals surface area contributed by atoms with Crippen LogP contribution >= 0.6 is 0 Å². The molecule has 0 spiro atoms. The van der Waals surface area contributed by atoms with E-state index in [1.165, 1.54) is 12.3 Å². The Labute approximate surface area is 108 Å². The van der Waals surface area contributed by atoms with E-state index in [-0.39, 0.29) is 5.69 Å². The summed E-state index contributed by atoms with van der Waals surface area (Å²) in [5.41, 5.74) is 6.13. The van der Waals surface area contributed by atoms with E-state index in [2.05, 4.69) is 10.3 Å². The summed E-state index contributed by atoms with van der Waals surface area (Å²) in [4.78, 5) is 0. The normalized spacial score (nSPS) is 11.8. The lowest BCUT2D eigenvalue weighted by molar-refractivity contribution is -0.137. The van der Waals surface area contributed by atoms with Crippen LogP contribution in [0.3, 0.4) is 0 Å². The monoisotopic (exact) mass is 270 g/mol. The summed E-state index contributed by atoms with van der Waals surface area (Å²) in [6, 6.07) is 3.29. The second-order valence-electron chi connectivity index (χ2n) is 4.14.